The highest BCUT2D eigenvalue weighted by molar-refractivity contribution is 5.95. The van der Waals surface area contributed by atoms with Gasteiger partial charge in [0, 0.05) is 19.7 Å². The van der Waals surface area contributed by atoms with E-state index in [9.17, 15) is 9.18 Å². The number of nitrogens with zero attached hydrogens (tertiary/aromatic N) is 4. The summed E-state index contributed by atoms with van der Waals surface area (Å²) in [6.45, 7) is 2.44. The molecule has 1 atom stereocenters. The van der Waals surface area contributed by atoms with Crippen LogP contribution >= 0.6 is 0 Å². The molecule has 1 amide bonds. The van der Waals surface area contributed by atoms with Crippen molar-refractivity contribution in [2.45, 2.75) is 32.2 Å². The van der Waals surface area contributed by atoms with Gasteiger partial charge in [-0.2, -0.15) is 5.10 Å². The largest absolute Gasteiger partial charge is 0.356 e. The molecule has 0 bridgehead atoms. The lowest BCUT2D eigenvalue weighted by Gasteiger charge is -2.36. The molecule has 7 heteroatoms. The number of hydrogen-bond acceptors (Lipinski definition) is 4. The first kappa shape index (κ1) is 17.5. The highest BCUT2D eigenvalue weighted by Gasteiger charge is 2.34. The van der Waals surface area contributed by atoms with Crippen LogP contribution in [0, 0.1) is 12.7 Å². The average molecular weight is 368 g/mol. The molecule has 2 aromatic heterocycles. The Balaban J connectivity index is 1.75. The fourth-order valence-electron chi connectivity index (χ4n) is 3.77. The van der Waals surface area contributed by atoms with Crippen molar-refractivity contribution in [2.75, 3.05) is 6.54 Å². The number of benzene rings is 1. The van der Waals surface area contributed by atoms with E-state index in [1.54, 1.807) is 27.9 Å². The molecule has 0 spiro atoms. The Bertz CT molecular complexity index is 978. The summed E-state index contributed by atoms with van der Waals surface area (Å²) in [5.74, 6) is -0.166. The van der Waals surface area contributed by atoms with Gasteiger partial charge in [0.2, 0.25) is 0 Å². The fraction of sp³-hybridized carbons (Fsp3) is 0.350. The second kappa shape index (κ2) is 6.98. The van der Waals surface area contributed by atoms with Gasteiger partial charge in [0.25, 0.3) is 5.91 Å². The highest BCUT2D eigenvalue weighted by atomic mass is 19.1. The molecule has 27 heavy (non-hydrogen) atoms. The van der Waals surface area contributed by atoms with Gasteiger partial charge in [-0.25, -0.2) is 4.39 Å². The van der Waals surface area contributed by atoms with Crippen LogP contribution in [0.3, 0.4) is 0 Å². The number of hydrogen-bond donors (Lipinski definition) is 0. The molecular weight excluding hydrogens is 347 g/mol. The first-order valence-corrected chi connectivity index (χ1v) is 9.07. The molecule has 1 fully saturated rings. The number of aromatic nitrogens is 3. The molecule has 3 aromatic rings. The quantitative estimate of drug-likeness (QED) is 0.704. The summed E-state index contributed by atoms with van der Waals surface area (Å²) in [7, 11) is 1.85. The van der Waals surface area contributed by atoms with Crippen LogP contribution in [0.2, 0.25) is 0 Å². The molecule has 0 radical (unpaired) electrons. The van der Waals surface area contributed by atoms with Crippen molar-refractivity contribution in [1.82, 2.24) is 19.8 Å². The second-order valence-corrected chi connectivity index (χ2v) is 6.89. The van der Waals surface area contributed by atoms with Gasteiger partial charge in [-0.3, -0.25) is 9.48 Å². The molecule has 1 aliphatic heterocycles. The van der Waals surface area contributed by atoms with E-state index in [-0.39, 0.29) is 17.5 Å². The third-order valence-electron chi connectivity index (χ3n) is 5.06. The lowest BCUT2D eigenvalue weighted by atomic mass is 9.95. The predicted molar refractivity (Wildman–Crippen MR) is 97.5 cm³/mol. The lowest BCUT2D eigenvalue weighted by Crippen LogP contribution is -2.39. The summed E-state index contributed by atoms with van der Waals surface area (Å²) in [6, 6.07) is 7.78. The fourth-order valence-corrected chi connectivity index (χ4v) is 3.77. The number of piperidine rings is 1. The SMILES string of the molecule is Cc1cc(-c2cnn(C)c2[C@@H]2CCCCN2C(=O)c2ccccc2F)on1. The summed E-state index contributed by atoms with van der Waals surface area (Å²) < 4.78 is 21.4. The van der Waals surface area contributed by atoms with Crippen molar-refractivity contribution in [3.8, 4) is 11.3 Å². The van der Waals surface area contributed by atoms with Crippen LogP contribution in [0.5, 0.6) is 0 Å². The first-order chi connectivity index (χ1) is 13.1. The van der Waals surface area contributed by atoms with E-state index in [4.69, 9.17) is 4.52 Å². The average Bonchev–Trinajstić information content (AvgIpc) is 3.27. The molecule has 0 aliphatic carbocycles. The maximum atomic E-state index is 14.2. The van der Waals surface area contributed by atoms with E-state index >= 15 is 0 Å². The molecule has 1 aliphatic rings. The third-order valence-corrected chi connectivity index (χ3v) is 5.06. The van der Waals surface area contributed by atoms with E-state index in [1.807, 2.05) is 20.0 Å². The number of halogens is 1. The van der Waals surface area contributed by atoms with Gasteiger partial charge in [0.1, 0.15) is 5.82 Å². The zero-order valence-corrected chi connectivity index (χ0v) is 15.4. The van der Waals surface area contributed by atoms with Crippen LogP contribution in [-0.2, 0) is 7.05 Å². The molecule has 1 saturated heterocycles. The van der Waals surface area contributed by atoms with Crippen molar-refractivity contribution in [2.24, 2.45) is 7.05 Å². The Morgan fingerprint density at radius 1 is 1.30 bits per heavy atom. The molecule has 6 nitrogen and oxygen atoms in total. The maximum absolute atomic E-state index is 14.2. The smallest absolute Gasteiger partial charge is 0.257 e. The standard InChI is InChI=1S/C20H21FN4O2/c1-13-11-18(27-23-13)15-12-22-24(2)19(15)17-9-5-6-10-25(17)20(26)14-7-3-4-8-16(14)21/h3-4,7-8,11-12,17H,5-6,9-10H2,1-2H3/t17-/m0/s1. The van der Waals surface area contributed by atoms with Crippen molar-refractivity contribution in [1.29, 1.82) is 0 Å². The summed E-state index contributed by atoms with van der Waals surface area (Å²) in [5.41, 5.74) is 2.58. The van der Waals surface area contributed by atoms with Crippen molar-refractivity contribution in [3.05, 3.63) is 59.3 Å². The van der Waals surface area contributed by atoms with Gasteiger partial charge < -0.3 is 9.42 Å². The normalized spacial score (nSPS) is 17.3. The summed E-state index contributed by atoms with van der Waals surface area (Å²) in [6.07, 6.45) is 4.41. The number of carbonyl (C=O) groups is 1. The van der Waals surface area contributed by atoms with Gasteiger partial charge in [-0.05, 0) is 38.3 Å². The van der Waals surface area contributed by atoms with Crippen molar-refractivity contribution < 1.29 is 13.7 Å². The number of rotatable bonds is 3. The lowest BCUT2D eigenvalue weighted by molar-refractivity contribution is 0.0597. The molecule has 1 aromatic carbocycles. The van der Waals surface area contributed by atoms with Crippen LogP contribution in [0.25, 0.3) is 11.3 Å². The van der Waals surface area contributed by atoms with Crippen molar-refractivity contribution in [3.63, 3.8) is 0 Å². The topological polar surface area (TPSA) is 64.2 Å². The monoisotopic (exact) mass is 368 g/mol. The Kier molecular flexibility index (Phi) is 4.51. The third kappa shape index (κ3) is 3.13. The highest BCUT2D eigenvalue weighted by Crippen LogP contribution is 2.37. The summed E-state index contributed by atoms with van der Waals surface area (Å²) >= 11 is 0. The number of likely N-dealkylation sites (tertiary alicyclic amines) is 1. The number of amides is 1. The Hall–Kier alpha value is -2.96. The van der Waals surface area contributed by atoms with Gasteiger partial charge in [0.05, 0.1) is 34.8 Å². The van der Waals surface area contributed by atoms with Gasteiger partial charge in [-0.15, -0.1) is 0 Å². The molecular formula is C20H21FN4O2. The zero-order valence-electron chi connectivity index (χ0n) is 15.4. The molecule has 4 rings (SSSR count). The molecule has 0 unspecified atom stereocenters. The minimum atomic E-state index is -0.497. The molecule has 3 heterocycles. The second-order valence-electron chi connectivity index (χ2n) is 6.89. The summed E-state index contributed by atoms with van der Waals surface area (Å²) in [4.78, 5) is 14.9. The number of aryl methyl sites for hydroxylation is 2. The van der Waals surface area contributed by atoms with E-state index in [1.165, 1.54) is 12.1 Å². The molecule has 140 valence electrons. The van der Waals surface area contributed by atoms with Crippen LogP contribution in [0.1, 0.15) is 47.1 Å². The van der Waals surface area contributed by atoms with Crippen molar-refractivity contribution >= 4 is 5.91 Å². The van der Waals surface area contributed by atoms with Crippen LogP contribution in [0.15, 0.2) is 41.1 Å². The predicted octanol–water partition coefficient (Wildman–Crippen LogP) is 3.89. The van der Waals surface area contributed by atoms with Crippen LogP contribution in [-0.4, -0.2) is 32.3 Å². The Morgan fingerprint density at radius 3 is 2.85 bits per heavy atom. The Morgan fingerprint density at radius 2 is 2.11 bits per heavy atom. The number of carbonyl (C=O) groups excluding carboxylic acids is 1. The van der Waals surface area contributed by atoms with Gasteiger partial charge >= 0.3 is 0 Å². The summed E-state index contributed by atoms with van der Waals surface area (Å²) in [5, 5.41) is 8.34. The zero-order chi connectivity index (χ0) is 19.0. The van der Waals surface area contributed by atoms with Gasteiger partial charge in [0.15, 0.2) is 5.76 Å². The van der Waals surface area contributed by atoms with Crippen LogP contribution < -0.4 is 0 Å². The molecule has 0 saturated carbocycles. The van der Waals surface area contributed by atoms with E-state index in [0.29, 0.717) is 12.3 Å². The maximum Gasteiger partial charge on any atom is 0.257 e. The Labute approximate surface area is 156 Å². The van der Waals surface area contributed by atoms with Crippen LogP contribution in [0.4, 0.5) is 4.39 Å². The van der Waals surface area contributed by atoms with E-state index in [2.05, 4.69) is 10.3 Å². The van der Waals surface area contributed by atoms with E-state index < -0.39 is 5.82 Å². The van der Waals surface area contributed by atoms with E-state index in [0.717, 1.165) is 36.2 Å². The first-order valence-electron chi connectivity index (χ1n) is 9.07. The minimum Gasteiger partial charge on any atom is -0.356 e. The van der Waals surface area contributed by atoms with Gasteiger partial charge in [-0.1, -0.05) is 17.3 Å². The minimum absolute atomic E-state index is 0.101. The molecule has 0 N–H and O–H groups in total.